The van der Waals surface area contributed by atoms with E-state index in [2.05, 4.69) is 4.98 Å². The third-order valence-electron chi connectivity index (χ3n) is 2.72. The van der Waals surface area contributed by atoms with Crippen molar-refractivity contribution in [2.45, 2.75) is 25.7 Å². The molecule has 3 N–H and O–H groups in total. The molecule has 1 fully saturated rings. The maximum Gasteiger partial charge on any atom is 1.00 e. The van der Waals surface area contributed by atoms with Crippen molar-refractivity contribution >= 4 is 7.60 Å². The van der Waals surface area contributed by atoms with Gasteiger partial charge in [0.15, 0.2) is 0 Å². The molecule has 1 aromatic heterocycles. The van der Waals surface area contributed by atoms with Crippen LogP contribution in [0.15, 0.2) is 15.8 Å². The first-order chi connectivity index (χ1) is 9.74. The number of hydrogen-bond donors (Lipinski definition) is 3. The molecule has 0 radical (unpaired) electrons. The van der Waals surface area contributed by atoms with Gasteiger partial charge in [0, 0.05) is 12.0 Å². The second-order valence-electron chi connectivity index (χ2n) is 4.58. The van der Waals surface area contributed by atoms with Crippen LogP contribution in [0.2, 0.25) is 0 Å². The standard InChI is InChI=1S/C10H15N2O8P.Na.H/c1-6-3-12(10(14)11-9(6)13)20-8-2-7(4-18-8)19-5-21(15,16)17;;/h3,7-8H,2,4-5H2,1H3,(H,11,13,14)(H2,15,16,17);;/q;+1;-1/t7-,8?;;/m0../s1. The Kier molecular flexibility index (Phi) is 7.03. The van der Waals surface area contributed by atoms with E-state index in [0.29, 0.717) is 5.56 Å². The summed E-state index contributed by atoms with van der Waals surface area (Å²) in [6.07, 6.45) is -0.623. The molecule has 0 aliphatic carbocycles. The van der Waals surface area contributed by atoms with Crippen LogP contribution in [0.25, 0.3) is 0 Å². The Hall–Kier alpha value is -0.450. The SMILES string of the molecule is Cc1cn(OC2C[C@H](OCP(=O)(O)O)CO2)c(=O)[nH]c1=O.[H-].[Na+]. The molecule has 1 aromatic rings. The molecule has 2 heterocycles. The van der Waals surface area contributed by atoms with Gasteiger partial charge in [0.1, 0.15) is 6.35 Å². The molecule has 0 bridgehead atoms. The largest absolute Gasteiger partial charge is 1.00 e. The average molecular weight is 346 g/mol. The van der Waals surface area contributed by atoms with Crippen molar-refractivity contribution in [1.82, 2.24) is 9.71 Å². The van der Waals surface area contributed by atoms with Crippen LogP contribution in [0.3, 0.4) is 0 Å². The number of H-pyrrole nitrogens is 1. The van der Waals surface area contributed by atoms with Crippen molar-refractivity contribution in [3.63, 3.8) is 0 Å². The van der Waals surface area contributed by atoms with E-state index >= 15 is 0 Å². The van der Waals surface area contributed by atoms with Crippen LogP contribution in [0.5, 0.6) is 0 Å². The Bertz CT molecular complexity index is 674. The van der Waals surface area contributed by atoms with Gasteiger partial charge in [0.2, 0.25) is 6.29 Å². The normalized spacial score (nSPS) is 21.4. The van der Waals surface area contributed by atoms with Gasteiger partial charge < -0.3 is 25.5 Å². The van der Waals surface area contributed by atoms with Crippen molar-refractivity contribution in [2.75, 3.05) is 13.0 Å². The molecular formula is C10H16N2NaO8P. The fourth-order valence-corrected chi connectivity index (χ4v) is 2.11. The van der Waals surface area contributed by atoms with Gasteiger partial charge in [-0.1, -0.05) is 0 Å². The van der Waals surface area contributed by atoms with Gasteiger partial charge in [-0.15, -0.1) is 4.73 Å². The quantitative estimate of drug-likeness (QED) is 0.359. The van der Waals surface area contributed by atoms with E-state index in [1.54, 1.807) is 0 Å². The number of aromatic nitrogens is 2. The number of nitrogens with zero attached hydrogens (tertiary/aromatic N) is 1. The van der Waals surface area contributed by atoms with Gasteiger partial charge in [0.05, 0.1) is 18.9 Å². The van der Waals surface area contributed by atoms with Crippen molar-refractivity contribution in [3.05, 3.63) is 32.6 Å². The van der Waals surface area contributed by atoms with Gasteiger partial charge in [-0.05, 0) is 6.92 Å². The van der Waals surface area contributed by atoms with Gasteiger partial charge in [-0.3, -0.25) is 14.3 Å². The Morgan fingerprint density at radius 3 is 2.86 bits per heavy atom. The van der Waals surface area contributed by atoms with Crippen LogP contribution in [0.1, 0.15) is 13.4 Å². The minimum absolute atomic E-state index is 0. The second-order valence-corrected chi connectivity index (χ2v) is 6.17. The Labute approximate surface area is 148 Å². The molecule has 0 aromatic carbocycles. The molecular weight excluding hydrogens is 330 g/mol. The van der Waals surface area contributed by atoms with Crippen LogP contribution in [0, 0.1) is 6.92 Å². The topological polar surface area (TPSA) is 140 Å². The van der Waals surface area contributed by atoms with E-state index in [9.17, 15) is 14.2 Å². The van der Waals surface area contributed by atoms with Gasteiger partial charge >= 0.3 is 42.8 Å². The zero-order valence-electron chi connectivity index (χ0n) is 13.1. The minimum Gasteiger partial charge on any atom is -1.00 e. The van der Waals surface area contributed by atoms with Crippen molar-refractivity contribution in [2.24, 2.45) is 0 Å². The smallest absolute Gasteiger partial charge is 1.00 e. The zero-order valence-corrected chi connectivity index (χ0v) is 15.0. The molecule has 1 saturated heterocycles. The minimum atomic E-state index is -4.24. The molecule has 12 heteroatoms. The predicted molar refractivity (Wildman–Crippen MR) is 69.9 cm³/mol. The summed E-state index contributed by atoms with van der Waals surface area (Å²) < 4.78 is 21.7. The number of hydrogen-bond acceptors (Lipinski definition) is 6. The van der Waals surface area contributed by atoms with Crippen LogP contribution in [-0.2, 0) is 14.0 Å². The third-order valence-corrected chi connectivity index (χ3v) is 3.21. The van der Waals surface area contributed by atoms with Crippen LogP contribution in [0.4, 0.5) is 0 Å². The Morgan fingerprint density at radius 1 is 1.55 bits per heavy atom. The molecule has 2 rings (SSSR count). The maximum absolute atomic E-state index is 11.5. The maximum atomic E-state index is 11.5. The van der Waals surface area contributed by atoms with E-state index in [1.807, 2.05) is 0 Å². The number of aromatic amines is 1. The first-order valence-electron chi connectivity index (χ1n) is 6.02. The average Bonchev–Trinajstić information content (AvgIpc) is 2.80. The molecule has 0 amide bonds. The molecule has 10 nitrogen and oxygen atoms in total. The molecule has 0 saturated carbocycles. The summed E-state index contributed by atoms with van der Waals surface area (Å²) in [5.74, 6) is 0. The van der Waals surface area contributed by atoms with Crippen molar-refractivity contribution in [3.8, 4) is 0 Å². The number of aryl methyl sites for hydroxylation is 1. The predicted octanol–water partition coefficient (Wildman–Crippen LogP) is -4.34. The summed E-state index contributed by atoms with van der Waals surface area (Å²) >= 11 is 0. The summed E-state index contributed by atoms with van der Waals surface area (Å²) in [6, 6.07) is 0. The molecule has 2 atom stereocenters. The monoisotopic (exact) mass is 346 g/mol. The summed E-state index contributed by atoms with van der Waals surface area (Å²) in [5, 5.41) is 0. The van der Waals surface area contributed by atoms with Gasteiger partial charge in [-0.2, -0.15) is 0 Å². The van der Waals surface area contributed by atoms with Gasteiger partial charge in [0.25, 0.3) is 5.56 Å². The molecule has 120 valence electrons. The second kappa shape index (κ2) is 7.89. The van der Waals surface area contributed by atoms with E-state index in [1.165, 1.54) is 13.1 Å². The summed E-state index contributed by atoms with van der Waals surface area (Å²) in [5.41, 5.74) is -0.953. The molecule has 1 unspecified atom stereocenters. The first kappa shape index (κ1) is 19.6. The van der Waals surface area contributed by atoms with Crippen molar-refractivity contribution in [1.29, 1.82) is 0 Å². The van der Waals surface area contributed by atoms with E-state index in [0.717, 1.165) is 4.73 Å². The van der Waals surface area contributed by atoms with E-state index in [-0.39, 0.29) is 44.0 Å². The van der Waals surface area contributed by atoms with Gasteiger partial charge in [-0.25, -0.2) is 4.79 Å². The molecule has 22 heavy (non-hydrogen) atoms. The third kappa shape index (κ3) is 5.64. The Morgan fingerprint density at radius 2 is 2.23 bits per heavy atom. The Balaban J connectivity index is 0.00000242. The molecule has 0 spiro atoms. The summed E-state index contributed by atoms with van der Waals surface area (Å²) in [4.78, 5) is 47.5. The fraction of sp³-hybridized carbons (Fsp3) is 0.600. The number of nitrogens with one attached hydrogen (secondary N) is 1. The van der Waals surface area contributed by atoms with Crippen LogP contribution >= 0.6 is 7.60 Å². The molecule has 1 aliphatic rings. The fourth-order valence-electron chi connectivity index (χ4n) is 1.71. The summed E-state index contributed by atoms with van der Waals surface area (Å²) in [7, 11) is -4.24. The first-order valence-corrected chi connectivity index (χ1v) is 7.82. The summed E-state index contributed by atoms with van der Waals surface area (Å²) in [6.45, 7) is 1.60. The number of rotatable bonds is 5. The molecule has 1 aliphatic heterocycles. The zero-order chi connectivity index (χ0) is 15.6. The van der Waals surface area contributed by atoms with Crippen LogP contribution in [-0.4, -0.2) is 44.9 Å². The number of ether oxygens (including phenoxy) is 2. The van der Waals surface area contributed by atoms with E-state index in [4.69, 9.17) is 24.1 Å². The van der Waals surface area contributed by atoms with Crippen molar-refractivity contribution < 1.29 is 59.6 Å². The van der Waals surface area contributed by atoms with Crippen LogP contribution < -0.4 is 45.6 Å². The van der Waals surface area contributed by atoms with E-state index < -0.39 is 37.6 Å².